The number of aromatic nitrogens is 2. The molecular formula is C12H20N2O2S. The predicted octanol–water partition coefficient (Wildman–Crippen LogP) is 2.77. The van der Waals surface area contributed by atoms with Crippen LogP contribution in [0.3, 0.4) is 0 Å². The molecule has 96 valence electrons. The third kappa shape index (κ3) is 4.07. The number of aliphatic carboxylic acids is 1. The second-order valence-corrected chi connectivity index (χ2v) is 5.98. The van der Waals surface area contributed by atoms with Crippen LogP contribution in [0.25, 0.3) is 0 Å². The Bertz CT molecular complexity index is 394. The van der Waals surface area contributed by atoms with Crippen molar-refractivity contribution in [2.24, 2.45) is 0 Å². The van der Waals surface area contributed by atoms with Crippen LogP contribution in [0.15, 0.2) is 11.1 Å². The van der Waals surface area contributed by atoms with Gasteiger partial charge >= 0.3 is 5.97 Å². The lowest BCUT2D eigenvalue weighted by Gasteiger charge is -2.21. The lowest BCUT2D eigenvalue weighted by atomic mass is 10.1. The molecule has 0 fully saturated rings. The van der Waals surface area contributed by atoms with E-state index in [2.05, 4.69) is 32.8 Å². The number of nitrogens with zero attached hydrogens (tertiary/aromatic N) is 2. The molecule has 0 radical (unpaired) electrons. The Labute approximate surface area is 106 Å². The zero-order valence-corrected chi connectivity index (χ0v) is 11.7. The molecule has 1 aromatic rings. The van der Waals surface area contributed by atoms with E-state index in [0.29, 0.717) is 0 Å². The molecule has 0 amide bonds. The second-order valence-electron chi connectivity index (χ2n) is 4.99. The van der Waals surface area contributed by atoms with E-state index in [1.54, 1.807) is 0 Å². The van der Waals surface area contributed by atoms with Crippen molar-refractivity contribution in [3.63, 3.8) is 0 Å². The van der Waals surface area contributed by atoms with E-state index in [1.807, 2.05) is 10.7 Å². The fourth-order valence-electron chi connectivity index (χ4n) is 1.51. The molecule has 0 aliphatic rings. The van der Waals surface area contributed by atoms with Crippen molar-refractivity contribution in [1.29, 1.82) is 0 Å². The molecule has 0 bridgehead atoms. The summed E-state index contributed by atoms with van der Waals surface area (Å²) in [6, 6.07) is 2.00. The van der Waals surface area contributed by atoms with E-state index in [4.69, 9.17) is 5.11 Å². The number of carboxylic acid groups (broad SMARTS) is 1. The number of rotatable bonds is 5. The molecule has 1 N–H and O–H groups in total. The Morgan fingerprint density at radius 3 is 2.65 bits per heavy atom. The molecule has 1 rings (SSSR count). The highest BCUT2D eigenvalue weighted by Gasteiger charge is 2.20. The first-order chi connectivity index (χ1) is 7.84. The molecule has 0 aromatic carbocycles. The average molecular weight is 256 g/mol. The summed E-state index contributed by atoms with van der Waals surface area (Å²) in [5.74, 6) is -0.721. The Morgan fingerprint density at radius 2 is 2.18 bits per heavy atom. The van der Waals surface area contributed by atoms with E-state index in [9.17, 15) is 4.79 Å². The van der Waals surface area contributed by atoms with Crippen molar-refractivity contribution in [3.8, 4) is 0 Å². The molecular weight excluding hydrogens is 236 g/mol. The quantitative estimate of drug-likeness (QED) is 0.823. The van der Waals surface area contributed by atoms with Crippen LogP contribution in [-0.2, 0) is 16.8 Å². The van der Waals surface area contributed by atoms with Crippen molar-refractivity contribution >= 4 is 17.7 Å². The van der Waals surface area contributed by atoms with Crippen molar-refractivity contribution in [2.45, 2.75) is 51.1 Å². The van der Waals surface area contributed by atoms with Gasteiger partial charge in [0.15, 0.2) is 0 Å². The van der Waals surface area contributed by atoms with E-state index in [0.717, 1.165) is 23.6 Å². The SMILES string of the molecule is CCCc1cc(SCC(=O)O)n(C(C)(C)C)n1. The summed E-state index contributed by atoms with van der Waals surface area (Å²) in [5.41, 5.74) is 0.919. The van der Waals surface area contributed by atoms with Gasteiger partial charge in [-0.05, 0) is 33.3 Å². The van der Waals surface area contributed by atoms with Gasteiger partial charge in [0.05, 0.1) is 22.0 Å². The third-order valence-corrected chi connectivity index (χ3v) is 3.19. The summed E-state index contributed by atoms with van der Waals surface area (Å²) in [6.07, 6.45) is 1.98. The molecule has 0 spiro atoms. The highest BCUT2D eigenvalue weighted by Crippen LogP contribution is 2.26. The summed E-state index contributed by atoms with van der Waals surface area (Å²) in [7, 11) is 0. The molecule has 0 atom stereocenters. The standard InChI is InChI=1S/C12H20N2O2S/c1-5-6-9-7-10(17-8-11(15)16)14(13-9)12(2,3)4/h7H,5-6,8H2,1-4H3,(H,15,16). The minimum atomic E-state index is -0.797. The zero-order chi connectivity index (χ0) is 13.1. The van der Waals surface area contributed by atoms with Crippen molar-refractivity contribution in [3.05, 3.63) is 11.8 Å². The van der Waals surface area contributed by atoms with Crippen LogP contribution in [0.1, 0.15) is 39.8 Å². The molecule has 0 unspecified atom stereocenters. The first kappa shape index (κ1) is 14.1. The largest absolute Gasteiger partial charge is 0.481 e. The van der Waals surface area contributed by atoms with Gasteiger partial charge < -0.3 is 5.11 Å². The fraction of sp³-hybridized carbons (Fsp3) is 0.667. The van der Waals surface area contributed by atoms with Gasteiger partial charge in [-0.2, -0.15) is 5.10 Å². The lowest BCUT2D eigenvalue weighted by molar-refractivity contribution is -0.133. The van der Waals surface area contributed by atoms with E-state index < -0.39 is 5.97 Å². The number of thioether (sulfide) groups is 1. The smallest absolute Gasteiger partial charge is 0.313 e. The molecule has 17 heavy (non-hydrogen) atoms. The van der Waals surface area contributed by atoms with Gasteiger partial charge in [-0.1, -0.05) is 25.1 Å². The minimum Gasteiger partial charge on any atom is -0.481 e. The average Bonchev–Trinajstić information content (AvgIpc) is 2.58. The minimum absolute atomic E-state index is 0.0767. The van der Waals surface area contributed by atoms with Gasteiger partial charge in [0.2, 0.25) is 0 Å². The maximum atomic E-state index is 10.6. The Morgan fingerprint density at radius 1 is 1.53 bits per heavy atom. The zero-order valence-electron chi connectivity index (χ0n) is 10.9. The molecule has 1 aromatic heterocycles. The number of hydrogen-bond donors (Lipinski definition) is 1. The third-order valence-electron chi connectivity index (χ3n) is 2.21. The van der Waals surface area contributed by atoms with E-state index >= 15 is 0 Å². The number of aryl methyl sites for hydroxylation is 1. The van der Waals surface area contributed by atoms with Crippen LogP contribution in [-0.4, -0.2) is 26.6 Å². The van der Waals surface area contributed by atoms with Crippen LogP contribution < -0.4 is 0 Å². The molecule has 0 aliphatic carbocycles. The summed E-state index contributed by atoms with van der Waals surface area (Å²) < 4.78 is 1.92. The maximum Gasteiger partial charge on any atom is 0.313 e. The molecule has 1 heterocycles. The number of carboxylic acids is 1. The number of carbonyl (C=O) groups is 1. The van der Waals surface area contributed by atoms with Crippen molar-refractivity contribution < 1.29 is 9.90 Å². The molecule has 0 saturated heterocycles. The van der Waals surface area contributed by atoms with Gasteiger partial charge in [0, 0.05) is 0 Å². The predicted molar refractivity (Wildman–Crippen MR) is 69.6 cm³/mol. The molecule has 5 heteroatoms. The van der Waals surface area contributed by atoms with Crippen molar-refractivity contribution in [2.75, 3.05) is 5.75 Å². The summed E-state index contributed by atoms with van der Waals surface area (Å²) in [5, 5.41) is 14.2. The van der Waals surface area contributed by atoms with Gasteiger partial charge in [0.1, 0.15) is 0 Å². The Balaban J connectivity index is 2.95. The maximum absolute atomic E-state index is 10.6. The lowest BCUT2D eigenvalue weighted by Crippen LogP contribution is -2.24. The second kappa shape index (κ2) is 5.58. The van der Waals surface area contributed by atoms with Crippen LogP contribution in [0.5, 0.6) is 0 Å². The molecule has 0 aliphatic heterocycles. The van der Waals surface area contributed by atoms with Crippen LogP contribution >= 0.6 is 11.8 Å². The Hall–Kier alpha value is -0.970. The first-order valence-corrected chi connectivity index (χ1v) is 6.77. The fourth-order valence-corrected chi connectivity index (χ4v) is 2.44. The Kier molecular flexibility index (Phi) is 4.62. The van der Waals surface area contributed by atoms with E-state index in [-0.39, 0.29) is 11.3 Å². The molecule has 4 nitrogen and oxygen atoms in total. The summed E-state index contributed by atoms with van der Waals surface area (Å²) in [4.78, 5) is 10.6. The van der Waals surface area contributed by atoms with Crippen LogP contribution in [0.2, 0.25) is 0 Å². The van der Waals surface area contributed by atoms with Crippen LogP contribution in [0, 0.1) is 0 Å². The monoisotopic (exact) mass is 256 g/mol. The topological polar surface area (TPSA) is 55.1 Å². The number of hydrogen-bond acceptors (Lipinski definition) is 3. The highest BCUT2D eigenvalue weighted by atomic mass is 32.2. The van der Waals surface area contributed by atoms with Crippen LogP contribution in [0.4, 0.5) is 0 Å². The van der Waals surface area contributed by atoms with E-state index in [1.165, 1.54) is 11.8 Å². The van der Waals surface area contributed by atoms with Gasteiger partial charge in [-0.15, -0.1) is 0 Å². The summed E-state index contributed by atoms with van der Waals surface area (Å²) >= 11 is 1.33. The van der Waals surface area contributed by atoms with Gasteiger partial charge in [0.25, 0.3) is 0 Å². The highest BCUT2D eigenvalue weighted by molar-refractivity contribution is 7.99. The molecule has 0 saturated carbocycles. The van der Waals surface area contributed by atoms with Crippen molar-refractivity contribution in [1.82, 2.24) is 9.78 Å². The van der Waals surface area contributed by atoms with Gasteiger partial charge in [-0.25, -0.2) is 0 Å². The summed E-state index contributed by atoms with van der Waals surface area (Å²) in [6.45, 7) is 8.32. The first-order valence-electron chi connectivity index (χ1n) is 5.78. The normalized spacial score (nSPS) is 11.8. The van der Waals surface area contributed by atoms with Gasteiger partial charge in [-0.3, -0.25) is 9.48 Å².